The summed E-state index contributed by atoms with van der Waals surface area (Å²) >= 11 is 5.55. The number of nitrogens with two attached hydrogens (primary N) is 1. The van der Waals surface area contributed by atoms with Gasteiger partial charge in [-0.25, -0.2) is 15.0 Å². The molecule has 176 valence electrons. The molecule has 0 spiro atoms. The molecular formula is C20H24N5O6PS. The highest BCUT2D eigenvalue weighted by Gasteiger charge is 2.45. The SMILES string of the molecule is Cc1cccc(C2CCOP(=S)(OC[C@H]3O[C@@H](n4cnc5c(N)ncnc54)[C@H](O)[C@@H]3O)O2)c1. The molecule has 1 aromatic carbocycles. The zero-order valence-electron chi connectivity index (χ0n) is 17.7. The minimum Gasteiger partial charge on any atom is -0.387 e. The van der Waals surface area contributed by atoms with Crippen molar-refractivity contribution >= 4 is 35.5 Å². The molecule has 2 aliphatic heterocycles. The van der Waals surface area contributed by atoms with Crippen molar-refractivity contribution in [3.05, 3.63) is 48.0 Å². The Morgan fingerprint density at radius 1 is 1.27 bits per heavy atom. The predicted octanol–water partition coefficient (Wildman–Crippen LogP) is 1.76. The summed E-state index contributed by atoms with van der Waals surface area (Å²) in [7, 11) is 0. The fraction of sp³-hybridized carbons (Fsp3) is 0.450. The quantitative estimate of drug-likeness (QED) is 0.447. The van der Waals surface area contributed by atoms with Crippen LogP contribution < -0.4 is 5.73 Å². The van der Waals surface area contributed by atoms with Crippen LogP contribution in [0.4, 0.5) is 5.82 Å². The molecule has 11 nitrogen and oxygen atoms in total. The molecule has 3 aromatic rings. The van der Waals surface area contributed by atoms with Gasteiger partial charge in [-0.05, 0) is 24.3 Å². The molecule has 2 aromatic heterocycles. The summed E-state index contributed by atoms with van der Waals surface area (Å²) in [6.07, 6.45) is -1.14. The van der Waals surface area contributed by atoms with Crippen molar-refractivity contribution in [3.63, 3.8) is 0 Å². The van der Waals surface area contributed by atoms with Gasteiger partial charge in [0, 0.05) is 6.42 Å². The Morgan fingerprint density at radius 2 is 2.12 bits per heavy atom. The number of imidazole rings is 1. The Labute approximate surface area is 194 Å². The normalized spacial score (nSPS) is 32.4. The van der Waals surface area contributed by atoms with Gasteiger partial charge >= 0.3 is 6.72 Å². The third-order valence-electron chi connectivity index (χ3n) is 5.70. The molecular weight excluding hydrogens is 469 g/mol. The molecule has 4 N–H and O–H groups in total. The first kappa shape index (κ1) is 22.8. The van der Waals surface area contributed by atoms with Gasteiger partial charge in [-0.15, -0.1) is 0 Å². The molecule has 2 unspecified atom stereocenters. The van der Waals surface area contributed by atoms with Gasteiger partial charge in [0.2, 0.25) is 0 Å². The molecule has 5 rings (SSSR count). The first-order valence-electron chi connectivity index (χ1n) is 10.4. The maximum atomic E-state index is 10.6. The second-order valence-corrected chi connectivity index (χ2v) is 11.0. The van der Waals surface area contributed by atoms with E-state index in [1.165, 1.54) is 17.2 Å². The lowest BCUT2D eigenvalue weighted by molar-refractivity contribution is -0.0533. The second-order valence-electron chi connectivity index (χ2n) is 8.00. The first-order valence-corrected chi connectivity index (χ1v) is 13.0. The zero-order valence-corrected chi connectivity index (χ0v) is 19.4. The lowest BCUT2D eigenvalue weighted by Crippen LogP contribution is -2.34. The molecule has 4 heterocycles. The van der Waals surface area contributed by atoms with Crippen molar-refractivity contribution in [2.75, 3.05) is 18.9 Å². The lowest BCUT2D eigenvalue weighted by Gasteiger charge is -2.32. The third kappa shape index (κ3) is 4.41. The Kier molecular flexibility index (Phi) is 6.19. The lowest BCUT2D eigenvalue weighted by atomic mass is 10.0. The average Bonchev–Trinajstić information content (AvgIpc) is 3.35. The summed E-state index contributed by atoms with van der Waals surface area (Å²) in [5.74, 6) is 0.208. The molecule has 33 heavy (non-hydrogen) atoms. The number of aliphatic hydroxyl groups excluding tert-OH is 2. The standard InChI is InChI=1S/C20H24N5O6PS/c1-11-3-2-4-12(7-11)13-5-6-28-32(33,31-13)29-8-14-16(26)17(27)20(30-14)25-10-24-15-18(21)22-9-23-19(15)25/h2-4,7,9-10,13-14,16-17,20,26-27H,5-6,8H2,1H3,(H2,21,22,23)/t13?,14-,16-,17-,20-,32?/m1/s1. The van der Waals surface area contributed by atoms with Gasteiger partial charge in [0.05, 0.1) is 25.6 Å². The van der Waals surface area contributed by atoms with Crippen molar-refractivity contribution in [1.82, 2.24) is 19.5 Å². The van der Waals surface area contributed by atoms with Gasteiger partial charge in [0.1, 0.15) is 30.2 Å². The maximum Gasteiger partial charge on any atom is 0.327 e. The van der Waals surface area contributed by atoms with Crippen molar-refractivity contribution in [2.45, 2.75) is 44.0 Å². The number of fused-ring (bicyclic) bond motifs is 1. The summed E-state index contributed by atoms with van der Waals surface area (Å²) in [5.41, 5.74) is 8.72. The fourth-order valence-corrected chi connectivity index (χ4v) is 6.11. The number of rotatable bonds is 5. The zero-order chi connectivity index (χ0) is 23.2. The Bertz CT molecular complexity index is 1210. The number of nitrogen functional groups attached to an aromatic ring is 1. The highest BCUT2D eigenvalue weighted by Crippen LogP contribution is 2.57. The van der Waals surface area contributed by atoms with Crippen LogP contribution in [0.5, 0.6) is 0 Å². The van der Waals surface area contributed by atoms with Gasteiger partial charge in [-0.3, -0.25) is 4.57 Å². The number of aryl methyl sites for hydroxylation is 1. The average molecular weight is 493 g/mol. The molecule has 2 saturated heterocycles. The second kappa shape index (κ2) is 8.97. The van der Waals surface area contributed by atoms with Crippen molar-refractivity contribution < 1.29 is 28.5 Å². The monoisotopic (exact) mass is 493 g/mol. The van der Waals surface area contributed by atoms with Gasteiger partial charge in [-0.2, -0.15) is 0 Å². The minimum atomic E-state index is -3.07. The molecule has 2 fully saturated rings. The van der Waals surface area contributed by atoms with E-state index in [0.717, 1.165) is 11.1 Å². The third-order valence-corrected chi connectivity index (χ3v) is 8.06. The van der Waals surface area contributed by atoms with Crippen LogP contribution in [0, 0.1) is 6.92 Å². The summed E-state index contributed by atoms with van der Waals surface area (Å²) < 4.78 is 25.0. The van der Waals surface area contributed by atoms with Gasteiger partial charge in [0.25, 0.3) is 0 Å². The number of aromatic nitrogens is 4. The van der Waals surface area contributed by atoms with E-state index in [-0.39, 0.29) is 18.5 Å². The molecule has 13 heteroatoms. The van der Waals surface area contributed by atoms with Crippen molar-refractivity contribution in [2.24, 2.45) is 0 Å². The fourth-order valence-electron chi connectivity index (χ4n) is 3.99. The van der Waals surface area contributed by atoms with Gasteiger partial charge in [0.15, 0.2) is 17.7 Å². The Morgan fingerprint density at radius 3 is 2.94 bits per heavy atom. The van der Waals surface area contributed by atoms with E-state index in [4.69, 9.17) is 35.8 Å². The van der Waals surface area contributed by atoms with Crippen molar-refractivity contribution in [1.29, 1.82) is 0 Å². The highest BCUT2D eigenvalue weighted by molar-refractivity contribution is 8.07. The molecule has 0 saturated carbocycles. The van der Waals surface area contributed by atoms with E-state index in [2.05, 4.69) is 15.0 Å². The predicted molar refractivity (Wildman–Crippen MR) is 121 cm³/mol. The first-order chi connectivity index (χ1) is 15.8. The van der Waals surface area contributed by atoms with Crippen LogP contribution in [0.15, 0.2) is 36.9 Å². The summed E-state index contributed by atoms with van der Waals surface area (Å²) in [6.45, 7) is -0.771. The number of hydrogen-bond donors (Lipinski definition) is 3. The van der Waals surface area contributed by atoms with Crippen LogP contribution in [-0.2, 0) is 30.1 Å². The van der Waals surface area contributed by atoms with E-state index in [1.807, 2.05) is 31.2 Å². The molecule has 0 bridgehead atoms. The Hall–Kier alpha value is -2.02. The van der Waals surface area contributed by atoms with Gasteiger partial charge < -0.3 is 34.3 Å². The van der Waals surface area contributed by atoms with Crippen LogP contribution >= 0.6 is 6.72 Å². The molecule has 0 aliphatic carbocycles. The van der Waals surface area contributed by atoms with Crippen LogP contribution in [0.25, 0.3) is 11.2 Å². The number of benzene rings is 1. The topological polar surface area (TPSA) is 147 Å². The number of anilines is 1. The van der Waals surface area contributed by atoms with E-state index in [0.29, 0.717) is 24.2 Å². The van der Waals surface area contributed by atoms with E-state index in [9.17, 15) is 10.2 Å². The summed E-state index contributed by atoms with van der Waals surface area (Å²) in [4.78, 5) is 12.2. The van der Waals surface area contributed by atoms with Crippen LogP contribution in [0.2, 0.25) is 0 Å². The van der Waals surface area contributed by atoms with Crippen LogP contribution in [-0.4, -0.2) is 61.3 Å². The minimum absolute atomic E-state index is 0.115. The molecule has 0 radical (unpaired) electrons. The largest absolute Gasteiger partial charge is 0.387 e. The van der Waals surface area contributed by atoms with E-state index >= 15 is 0 Å². The van der Waals surface area contributed by atoms with Crippen LogP contribution in [0.1, 0.15) is 29.9 Å². The number of hydrogen-bond acceptors (Lipinski definition) is 11. The highest BCUT2D eigenvalue weighted by atomic mass is 32.5. The van der Waals surface area contributed by atoms with Crippen LogP contribution in [0.3, 0.4) is 0 Å². The van der Waals surface area contributed by atoms with Crippen molar-refractivity contribution in [3.8, 4) is 0 Å². The van der Waals surface area contributed by atoms with Gasteiger partial charge in [-0.1, -0.05) is 29.8 Å². The number of aliphatic hydroxyl groups is 2. The maximum absolute atomic E-state index is 10.6. The number of nitrogens with zero attached hydrogens (tertiary/aromatic N) is 4. The summed E-state index contributed by atoms with van der Waals surface area (Å²) in [6, 6.07) is 8.02. The molecule has 0 amide bonds. The Balaban J connectivity index is 1.27. The smallest absolute Gasteiger partial charge is 0.327 e. The van der Waals surface area contributed by atoms with E-state index < -0.39 is 31.3 Å². The van der Waals surface area contributed by atoms with E-state index in [1.54, 1.807) is 0 Å². The molecule has 2 aliphatic rings. The summed E-state index contributed by atoms with van der Waals surface area (Å²) in [5, 5.41) is 21.2. The number of ether oxygens (including phenoxy) is 1. The molecule has 6 atom stereocenters.